The third kappa shape index (κ3) is 4.31. The first-order valence-corrected chi connectivity index (χ1v) is 11.4. The summed E-state index contributed by atoms with van der Waals surface area (Å²) in [6.45, 7) is 4.16. The van der Waals surface area contributed by atoms with E-state index in [9.17, 15) is 4.79 Å². The Balaban J connectivity index is 1.56. The van der Waals surface area contributed by atoms with Crippen LogP contribution in [0, 0.1) is 0 Å². The number of hydrogen-bond donors (Lipinski definition) is 0. The maximum atomic E-state index is 11.8. The molecule has 1 aliphatic rings. The molecule has 0 aliphatic heterocycles. The van der Waals surface area contributed by atoms with Crippen LogP contribution in [-0.4, -0.2) is 27.2 Å². The van der Waals surface area contributed by atoms with Crippen LogP contribution in [0.15, 0.2) is 40.9 Å². The highest BCUT2D eigenvalue weighted by atomic mass is 32.2. The summed E-state index contributed by atoms with van der Waals surface area (Å²) in [6.07, 6.45) is 3.20. The Kier molecular flexibility index (Phi) is 5.82. The molecule has 1 fully saturated rings. The summed E-state index contributed by atoms with van der Waals surface area (Å²) in [5.41, 5.74) is 1.73. The van der Waals surface area contributed by atoms with Crippen LogP contribution < -0.4 is 4.74 Å². The molecule has 1 aliphatic carbocycles. The van der Waals surface area contributed by atoms with Crippen molar-refractivity contribution in [1.29, 1.82) is 0 Å². The van der Waals surface area contributed by atoms with Crippen molar-refractivity contribution in [3.63, 3.8) is 0 Å². The summed E-state index contributed by atoms with van der Waals surface area (Å²) in [6, 6.07) is 10.4. The molecule has 2 heterocycles. The molecule has 7 heteroatoms. The number of ether oxygens (including phenoxy) is 1. The average Bonchev–Trinajstić information content (AvgIpc) is 3.24. The predicted octanol–water partition coefficient (Wildman–Crippen LogP) is 5.16. The fraction of sp³-hybridized carbons (Fsp3) is 0.381. The Morgan fingerprint density at radius 3 is 2.86 bits per heavy atom. The van der Waals surface area contributed by atoms with Gasteiger partial charge in [0.2, 0.25) is 0 Å². The minimum Gasteiger partial charge on any atom is -0.494 e. The molecule has 1 aromatic carbocycles. The number of ketones is 1. The molecule has 5 nitrogen and oxygen atoms in total. The number of thioether (sulfide) groups is 1. The van der Waals surface area contributed by atoms with Crippen molar-refractivity contribution in [2.45, 2.75) is 50.1 Å². The smallest absolute Gasteiger partial charge is 0.191 e. The van der Waals surface area contributed by atoms with Gasteiger partial charge in [0.05, 0.1) is 6.61 Å². The first-order valence-electron chi connectivity index (χ1n) is 9.51. The molecule has 4 rings (SSSR count). The molecule has 0 saturated heterocycles. The zero-order valence-corrected chi connectivity index (χ0v) is 17.7. The Morgan fingerprint density at radius 2 is 2.18 bits per heavy atom. The molecule has 0 N–H and O–H groups in total. The van der Waals surface area contributed by atoms with E-state index in [1.165, 1.54) is 17.7 Å². The third-order valence-corrected chi connectivity index (χ3v) is 6.55. The van der Waals surface area contributed by atoms with Crippen molar-refractivity contribution in [2.24, 2.45) is 0 Å². The molecule has 1 saturated carbocycles. The van der Waals surface area contributed by atoms with Gasteiger partial charge in [-0.1, -0.05) is 17.8 Å². The Bertz CT molecular complexity index is 962. The third-order valence-electron chi connectivity index (χ3n) is 4.68. The molecule has 0 amide bonds. The van der Waals surface area contributed by atoms with E-state index in [1.54, 1.807) is 30.0 Å². The lowest BCUT2D eigenvalue weighted by Crippen LogP contribution is -2.04. The lowest BCUT2D eigenvalue weighted by atomic mass is 10.1. The van der Waals surface area contributed by atoms with Crippen LogP contribution in [-0.2, 0) is 12.2 Å². The quantitative estimate of drug-likeness (QED) is 0.358. The highest BCUT2D eigenvalue weighted by Gasteiger charge is 2.29. The van der Waals surface area contributed by atoms with E-state index in [2.05, 4.69) is 32.3 Å². The van der Waals surface area contributed by atoms with Crippen molar-refractivity contribution in [2.75, 3.05) is 6.61 Å². The van der Waals surface area contributed by atoms with Gasteiger partial charge in [0.15, 0.2) is 10.9 Å². The number of rotatable bonds is 9. The number of Topliss-reactive ketones (excluding diaryl/α,β-unsaturated/α-hetero) is 1. The van der Waals surface area contributed by atoms with Gasteiger partial charge in [-0.05, 0) is 56.3 Å². The monoisotopic (exact) mass is 413 g/mol. The van der Waals surface area contributed by atoms with E-state index < -0.39 is 0 Å². The maximum Gasteiger partial charge on any atom is 0.191 e. The predicted molar refractivity (Wildman–Crippen MR) is 113 cm³/mol. The van der Waals surface area contributed by atoms with Gasteiger partial charge in [0.25, 0.3) is 0 Å². The van der Waals surface area contributed by atoms with Gasteiger partial charge < -0.3 is 9.30 Å². The van der Waals surface area contributed by atoms with Crippen LogP contribution in [0.2, 0.25) is 0 Å². The fourth-order valence-electron chi connectivity index (χ4n) is 3.14. The van der Waals surface area contributed by atoms with Crippen molar-refractivity contribution >= 4 is 28.9 Å². The zero-order chi connectivity index (χ0) is 19.5. The van der Waals surface area contributed by atoms with Crippen molar-refractivity contribution in [3.8, 4) is 5.75 Å². The largest absolute Gasteiger partial charge is 0.494 e. The van der Waals surface area contributed by atoms with Crippen LogP contribution in [0.1, 0.15) is 59.4 Å². The van der Waals surface area contributed by atoms with Crippen molar-refractivity contribution < 1.29 is 9.53 Å². The molecule has 0 spiro atoms. The number of hydrogen-bond acceptors (Lipinski definition) is 6. The number of nitrogens with zero attached hydrogens (tertiary/aromatic N) is 3. The number of aromatic nitrogens is 3. The maximum absolute atomic E-state index is 11.8. The summed E-state index contributed by atoms with van der Waals surface area (Å²) in [4.78, 5) is 13.1. The van der Waals surface area contributed by atoms with Gasteiger partial charge in [-0.2, -0.15) is 0 Å². The molecule has 0 atom stereocenters. The van der Waals surface area contributed by atoms with E-state index in [-0.39, 0.29) is 5.78 Å². The number of thiophene rings is 1. The molecule has 3 aromatic rings. The Hall–Kier alpha value is -2.12. The van der Waals surface area contributed by atoms with Crippen molar-refractivity contribution in [1.82, 2.24) is 14.8 Å². The van der Waals surface area contributed by atoms with Gasteiger partial charge in [-0.25, -0.2) is 0 Å². The fourth-order valence-corrected chi connectivity index (χ4v) is 4.85. The molecule has 0 unspecified atom stereocenters. The number of carbonyl (C=O) groups is 1. The minimum absolute atomic E-state index is 0.0636. The number of carbonyl (C=O) groups excluding carboxylic acids is 1. The van der Waals surface area contributed by atoms with Gasteiger partial charge in [0, 0.05) is 34.2 Å². The van der Waals surface area contributed by atoms with Gasteiger partial charge in [-0.3, -0.25) is 4.79 Å². The molecule has 146 valence electrons. The second-order valence-electron chi connectivity index (χ2n) is 6.86. The van der Waals surface area contributed by atoms with E-state index in [1.807, 2.05) is 25.1 Å². The standard InChI is InChI=1S/C21H23N3O2S2/c1-3-26-19-9-6-15(14(2)25)11-16(19)13-28-21-23-22-20(24(21)17-7-8-17)12-18-5-4-10-27-18/h4-6,9-11,17H,3,7-8,12-13H2,1-2H3. The van der Waals surface area contributed by atoms with Crippen LogP contribution in [0.5, 0.6) is 5.75 Å². The highest BCUT2D eigenvalue weighted by molar-refractivity contribution is 7.98. The first kappa shape index (κ1) is 19.2. The Morgan fingerprint density at radius 1 is 1.32 bits per heavy atom. The van der Waals surface area contributed by atoms with E-state index in [0.717, 1.165) is 28.7 Å². The van der Waals surface area contributed by atoms with E-state index >= 15 is 0 Å². The molecule has 2 aromatic heterocycles. The highest BCUT2D eigenvalue weighted by Crippen LogP contribution is 2.40. The average molecular weight is 414 g/mol. The van der Waals surface area contributed by atoms with E-state index in [0.29, 0.717) is 24.0 Å². The van der Waals surface area contributed by atoms with Crippen LogP contribution >= 0.6 is 23.1 Å². The van der Waals surface area contributed by atoms with Gasteiger partial charge in [-0.15, -0.1) is 21.5 Å². The second-order valence-corrected chi connectivity index (χ2v) is 8.83. The lowest BCUT2D eigenvalue weighted by Gasteiger charge is -2.12. The van der Waals surface area contributed by atoms with Crippen molar-refractivity contribution in [3.05, 3.63) is 57.5 Å². The number of benzene rings is 1. The van der Waals surface area contributed by atoms with Crippen LogP contribution in [0.25, 0.3) is 0 Å². The SMILES string of the molecule is CCOc1ccc(C(C)=O)cc1CSc1nnc(Cc2cccs2)n1C1CC1. The summed E-state index contributed by atoms with van der Waals surface area (Å²) in [5.74, 6) is 2.63. The zero-order valence-electron chi connectivity index (χ0n) is 16.1. The summed E-state index contributed by atoms with van der Waals surface area (Å²) < 4.78 is 8.06. The molecule has 0 radical (unpaired) electrons. The van der Waals surface area contributed by atoms with Gasteiger partial charge >= 0.3 is 0 Å². The van der Waals surface area contributed by atoms with Crippen LogP contribution in [0.4, 0.5) is 0 Å². The second kappa shape index (κ2) is 8.49. The minimum atomic E-state index is 0.0636. The lowest BCUT2D eigenvalue weighted by molar-refractivity contribution is 0.101. The molecule has 0 bridgehead atoms. The Labute approximate surface area is 173 Å². The summed E-state index contributed by atoms with van der Waals surface area (Å²) in [5, 5.41) is 12.0. The summed E-state index contributed by atoms with van der Waals surface area (Å²) >= 11 is 3.42. The normalized spacial score (nSPS) is 13.6. The molecule has 28 heavy (non-hydrogen) atoms. The summed E-state index contributed by atoms with van der Waals surface area (Å²) in [7, 11) is 0. The first-order chi connectivity index (χ1) is 13.7. The topological polar surface area (TPSA) is 57.0 Å². The van der Waals surface area contributed by atoms with Gasteiger partial charge in [0.1, 0.15) is 11.6 Å². The molecular formula is C21H23N3O2S2. The van der Waals surface area contributed by atoms with Crippen LogP contribution in [0.3, 0.4) is 0 Å². The molecular weight excluding hydrogens is 390 g/mol. The van der Waals surface area contributed by atoms with E-state index in [4.69, 9.17) is 4.74 Å².